The number of aryl methyl sites for hydroxylation is 1. The Morgan fingerprint density at radius 1 is 1.03 bits per heavy atom. The molecule has 1 aliphatic carbocycles. The van der Waals surface area contributed by atoms with Crippen molar-refractivity contribution in [3.8, 4) is 11.1 Å². The highest BCUT2D eigenvalue weighted by Gasteiger charge is 2.32. The van der Waals surface area contributed by atoms with Crippen LogP contribution >= 0.6 is 12.4 Å². The highest BCUT2D eigenvalue weighted by atomic mass is 35.5. The number of halogens is 4. The van der Waals surface area contributed by atoms with Crippen molar-refractivity contribution in [2.24, 2.45) is 0 Å². The summed E-state index contributed by atoms with van der Waals surface area (Å²) in [4.78, 5) is 20.9. The number of nitrogens with zero attached hydrogens (tertiary/aromatic N) is 3. The minimum absolute atomic E-state index is 0. The van der Waals surface area contributed by atoms with E-state index in [0.29, 0.717) is 28.3 Å². The van der Waals surface area contributed by atoms with Crippen molar-refractivity contribution in [1.29, 1.82) is 0 Å². The van der Waals surface area contributed by atoms with Crippen LogP contribution in [0.4, 0.5) is 18.9 Å². The number of aromatic nitrogens is 3. The van der Waals surface area contributed by atoms with Crippen molar-refractivity contribution in [2.45, 2.75) is 31.9 Å². The zero-order chi connectivity index (χ0) is 22.5. The lowest BCUT2D eigenvalue weighted by Gasteiger charge is -2.09. The summed E-state index contributed by atoms with van der Waals surface area (Å²) in [6.07, 6.45) is 0.915. The molecule has 0 unspecified atom stereocenters. The van der Waals surface area contributed by atoms with Gasteiger partial charge in [-0.15, -0.1) is 12.4 Å². The highest BCUT2D eigenvalue weighted by Crippen LogP contribution is 2.41. The van der Waals surface area contributed by atoms with Gasteiger partial charge in [0.25, 0.3) is 5.91 Å². The number of fused-ring (bicyclic) bond motifs is 1. The third kappa shape index (κ3) is 4.57. The normalized spacial score (nSPS) is 13.6. The molecule has 4 aromatic rings. The highest BCUT2D eigenvalue weighted by molar-refractivity contribution is 6.04. The second-order valence-corrected chi connectivity index (χ2v) is 7.96. The van der Waals surface area contributed by atoms with Gasteiger partial charge in [-0.1, -0.05) is 18.2 Å². The predicted octanol–water partition coefficient (Wildman–Crippen LogP) is 6.28. The molecule has 3 aromatic heterocycles. The number of hydrogen-bond donors (Lipinski definition) is 1. The lowest BCUT2D eigenvalue weighted by atomic mass is 10.0. The van der Waals surface area contributed by atoms with Crippen LogP contribution in [0.25, 0.3) is 16.8 Å². The second-order valence-electron chi connectivity index (χ2n) is 7.96. The molecule has 0 bridgehead atoms. The van der Waals surface area contributed by atoms with E-state index >= 15 is 0 Å². The van der Waals surface area contributed by atoms with Gasteiger partial charge in [-0.25, -0.2) is 4.98 Å². The Balaban J connectivity index is 0.00000259. The Kier molecular flexibility index (Phi) is 5.88. The van der Waals surface area contributed by atoms with E-state index in [-0.39, 0.29) is 18.3 Å². The molecule has 0 spiro atoms. The van der Waals surface area contributed by atoms with Crippen LogP contribution in [0.3, 0.4) is 0 Å². The van der Waals surface area contributed by atoms with Gasteiger partial charge in [-0.3, -0.25) is 9.78 Å². The maximum absolute atomic E-state index is 12.7. The van der Waals surface area contributed by atoms with E-state index in [0.717, 1.165) is 23.1 Å². The molecule has 0 saturated heterocycles. The lowest BCUT2D eigenvalue weighted by molar-refractivity contribution is -0.141. The first-order valence-corrected chi connectivity index (χ1v) is 10.2. The topological polar surface area (TPSA) is 59.3 Å². The fourth-order valence-corrected chi connectivity index (χ4v) is 3.75. The molecule has 3 heterocycles. The van der Waals surface area contributed by atoms with Crippen molar-refractivity contribution in [2.75, 3.05) is 5.32 Å². The van der Waals surface area contributed by atoms with Crippen molar-refractivity contribution < 1.29 is 18.0 Å². The second kappa shape index (κ2) is 8.51. The third-order valence-electron chi connectivity index (χ3n) is 5.65. The number of benzene rings is 1. The SMILES string of the molecule is Cc1c(C2CC2)nc2ccc(NC(=O)c3ccc(-c4ccc(C(F)(F)F)nc4)cc3)cn12.Cl. The van der Waals surface area contributed by atoms with Gasteiger partial charge in [-0.05, 0) is 55.7 Å². The van der Waals surface area contributed by atoms with E-state index in [4.69, 9.17) is 4.98 Å². The first-order chi connectivity index (χ1) is 15.3. The van der Waals surface area contributed by atoms with Crippen LogP contribution in [-0.4, -0.2) is 20.3 Å². The molecule has 33 heavy (non-hydrogen) atoms. The molecule has 1 aliphatic rings. The van der Waals surface area contributed by atoms with Crippen LogP contribution in [0.2, 0.25) is 0 Å². The largest absolute Gasteiger partial charge is 0.433 e. The third-order valence-corrected chi connectivity index (χ3v) is 5.65. The zero-order valence-corrected chi connectivity index (χ0v) is 18.4. The molecule has 1 saturated carbocycles. The van der Waals surface area contributed by atoms with E-state index in [1.165, 1.54) is 25.1 Å². The van der Waals surface area contributed by atoms with Crippen molar-refractivity contribution in [1.82, 2.24) is 14.4 Å². The van der Waals surface area contributed by atoms with Crippen molar-refractivity contribution in [3.05, 3.63) is 83.6 Å². The molecule has 0 radical (unpaired) electrons. The summed E-state index contributed by atoms with van der Waals surface area (Å²) in [6.45, 7) is 2.04. The summed E-state index contributed by atoms with van der Waals surface area (Å²) < 4.78 is 40.0. The van der Waals surface area contributed by atoms with Crippen LogP contribution in [0, 0.1) is 6.92 Å². The summed E-state index contributed by atoms with van der Waals surface area (Å²) in [5.74, 6) is 0.271. The van der Waals surface area contributed by atoms with Gasteiger partial charge in [0.1, 0.15) is 11.3 Å². The molecule has 1 N–H and O–H groups in total. The molecular weight excluding hydrogens is 453 g/mol. The number of amides is 1. The smallest absolute Gasteiger partial charge is 0.321 e. The van der Waals surface area contributed by atoms with Crippen molar-refractivity contribution in [3.63, 3.8) is 0 Å². The molecule has 0 aliphatic heterocycles. The number of pyridine rings is 2. The maximum Gasteiger partial charge on any atom is 0.433 e. The van der Waals surface area contributed by atoms with Gasteiger partial charge >= 0.3 is 6.18 Å². The van der Waals surface area contributed by atoms with E-state index in [2.05, 4.69) is 10.3 Å². The Bertz CT molecular complexity index is 1310. The molecule has 1 amide bonds. The first-order valence-electron chi connectivity index (χ1n) is 10.2. The molecular formula is C24H20ClF3N4O. The van der Waals surface area contributed by atoms with Gasteiger partial charge in [0, 0.05) is 35.1 Å². The summed E-state index contributed by atoms with van der Waals surface area (Å²) in [7, 11) is 0. The minimum atomic E-state index is -4.47. The van der Waals surface area contributed by atoms with Gasteiger partial charge in [0.05, 0.1) is 11.4 Å². The Labute approximate surface area is 194 Å². The number of carbonyl (C=O) groups excluding carboxylic acids is 1. The number of imidazole rings is 1. The number of hydrogen-bond acceptors (Lipinski definition) is 3. The predicted molar refractivity (Wildman–Crippen MR) is 122 cm³/mol. The van der Waals surface area contributed by atoms with Crippen LogP contribution in [0.5, 0.6) is 0 Å². The van der Waals surface area contributed by atoms with Gasteiger partial charge in [0.2, 0.25) is 0 Å². The molecule has 1 fully saturated rings. The van der Waals surface area contributed by atoms with E-state index in [1.54, 1.807) is 24.3 Å². The van der Waals surface area contributed by atoms with Gasteiger partial charge in [-0.2, -0.15) is 13.2 Å². The summed E-state index contributed by atoms with van der Waals surface area (Å²) in [6, 6.07) is 12.6. The summed E-state index contributed by atoms with van der Waals surface area (Å²) in [5.41, 5.74) is 4.44. The molecule has 5 rings (SSSR count). The monoisotopic (exact) mass is 472 g/mol. The Morgan fingerprint density at radius 3 is 2.33 bits per heavy atom. The fourth-order valence-electron chi connectivity index (χ4n) is 3.75. The van der Waals surface area contributed by atoms with E-state index in [9.17, 15) is 18.0 Å². The standard InChI is InChI=1S/C24H19F3N4O.ClH/c1-14-22(16-4-5-16)30-21-11-9-19(13-31(14)21)29-23(32)17-6-2-15(3-7-17)18-8-10-20(28-12-18)24(25,26)27;/h2-3,6-13,16H,4-5H2,1H3,(H,29,32);1H. The van der Waals surface area contributed by atoms with E-state index in [1.807, 2.05) is 29.7 Å². The molecule has 170 valence electrons. The van der Waals surface area contributed by atoms with Crippen LogP contribution in [-0.2, 0) is 6.18 Å². The van der Waals surface area contributed by atoms with Crippen LogP contribution in [0.15, 0.2) is 60.9 Å². The molecule has 5 nitrogen and oxygen atoms in total. The molecule has 1 aromatic carbocycles. The fraction of sp³-hybridized carbons (Fsp3) is 0.208. The number of carbonyl (C=O) groups is 1. The van der Waals surface area contributed by atoms with E-state index < -0.39 is 11.9 Å². The molecule has 9 heteroatoms. The van der Waals surface area contributed by atoms with Crippen LogP contribution in [0.1, 0.15) is 46.2 Å². The molecule has 0 atom stereocenters. The quantitative estimate of drug-likeness (QED) is 0.380. The minimum Gasteiger partial charge on any atom is -0.321 e. The number of rotatable bonds is 4. The van der Waals surface area contributed by atoms with Gasteiger partial charge in [0.15, 0.2) is 0 Å². The average Bonchev–Trinajstić information content (AvgIpc) is 3.57. The summed E-state index contributed by atoms with van der Waals surface area (Å²) in [5, 5.41) is 2.89. The van der Waals surface area contributed by atoms with Gasteiger partial charge < -0.3 is 9.72 Å². The summed E-state index contributed by atoms with van der Waals surface area (Å²) >= 11 is 0. The number of alkyl halides is 3. The number of anilines is 1. The maximum atomic E-state index is 12.7. The Hall–Kier alpha value is -3.39. The first kappa shape index (κ1) is 22.8. The zero-order valence-electron chi connectivity index (χ0n) is 17.6. The van der Waals surface area contributed by atoms with Crippen LogP contribution < -0.4 is 5.32 Å². The van der Waals surface area contributed by atoms with Crippen molar-refractivity contribution >= 4 is 29.6 Å². The number of nitrogens with one attached hydrogen (secondary N) is 1. The Morgan fingerprint density at radius 2 is 1.73 bits per heavy atom. The lowest BCUT2D eigenvalue weighted by Crippen LogP contribution is -2.12. The average molecular weight is 473 g/mol.